The third-order valence-corrected chi connectivity index (χ3v) is 2.88. The Hall–Kier alpha value is -1.35. The molecule has 0 N–H and O–H groups in total. The molecule has 0 amide bonds. The van der Waals surface area contributed by atoms with Crippen molar-refractivity contribution in [2.75, 3.05) is 0 Å². The van der Waals surface area contributed by atoms with Crippen LogP contribution in [0.2, 0.25) is 5.02 Å². The first kappa shape index (κ1) is 13.7. The summed E-state index contributed by atoms with van der Waals surface area (Å²) in [6, 6.07) is 5.19. The minimum absolute atomic E-state index is 0.304. The van der Waals surface area contributed by atoms with Crippen LogP contribution < -0.4 is 0 Å². The fraction of sp³-hybridized carbons (Fsp3) is 0.385. The maximum absolute atomic E-state index is 12.2. The summed E-state index contributed by atoms with van der Waals surface area (Å²) in [4.78, 5) is 23.2. The van der Waals surface area contributed by atoms with Crippen LogP contribution in [0.1, 0.15) is 36.7 Å². The van der Waals surface area contributed by atoms with Crippen molar-refractivity contribution in [2.45, 2.75) is 33.3 Å². The summed E-state index contributed by atoms with van der Waals surface area (Å²) in [7, 11) is 0. The third kappa shape index (κ3) is 3.07. The van der Waals surface area contributed by atoms with Crippen LogP contribution in [0.3, 0.4) is 0 Å². The van der Waals surface area contributed by atoms with Crippen LogP contribution in [0.25, 0.3) is 0 Å². The topological polar surface area (TPSA) is 43.4 Å². The van der Waals surface area contributed by atoms with Crippen molar-refractivity contribution in [3.63, 3.8) is 0 Å². The molecule has 4 heteroatoms. The smallest absolute Gasteiger partial charge is 0.303 e. The highest BCUT2D eigenvalue weighted by Gasteiger charge is 2.33. The van der Waals surface area contributed by atoms with Crippen molar-refractivity contribution in [3.05, 3.63) is 34.3 Å². The normalized spacial score (nSPS) is 11.1. The lowest BCUT2D eigenvalue weighted by molar-refractivity contribution is -0.149. The second-order valence-electron chi connectivity index (χ2n) is 4.37. The van der Waals surface area contributed by atoms with Gasteiger partial charge in [0.15, 0.2) is 5.60 Å². The van der Waals surface area contributed by atoms with Gasteiger partial charge in [-0.3, -0.25) is 9.59 Å². The number of halogens is 1. The highest BCUT2D eigenvalue weighted by atomic mass is 35.5. The average molecular weight is 255 g/mol. The van der Waals surface area contributed by atoms with Crippen LogP contribution in [0.5, 0.6) is 0 Å². The summed E-state index contributed by atoms with van der Waals surface area (Å²) in [5, 5.41) is 0.401. The van der Waals surface area contributed by atoms with E-state index in [0.717, 1.165) is 5.56 Å². The summed E-state index contributed by atoms with van der Waals surface area (Å²) >= 11 is 6.07. The summed E-state index contributed by atoms with van der Waals surface area (Å²) in [5.74, 6) is -0.798. The molecule has 17 heavy (non-hydrogen) atoms. The van der Waals surface area contributed by atoms with Crippen LogP contribution in [-0.4, -0.2) is 17.4 Å². The maximum Gasteiger partial charge on any atom is 0.303 e. The number of aryl methyl sites for hydroxylation is 1. The first-order chi connectivity index (χ1) is 7.75. The fourth-order valence-electron chi connectivity index (χ4n) is 1.55. The number of carbonyl (C=O) groups excluding carboxylic acids is 2. The molecule has 0 aromatic heterocycles. The fourth-order valence-corrected chi connectivity index (χ4v) is 1.76. The number of Topliss-reactive ketones (excluding diaryl/α,β-unsaturated/α-hetero) is 1. The predicted molar refractivity (Wildman–Crippen MR) is 66.4 cm³/mol. The zero-order valence-corrected chi connectivity index (χ0v) is 11.1. The Kier molecular flexibility index (Phi) is 3.94. The van der Waals surface area contributed by atoms with E-state index in [0.29, 0.717) is 10.6 Å². The summed E-state index contributed by atoms with van der Waals surface area (Å²) in [6.07, 6.45) is 0. The third-order valence-electron chi connectivity index (χ3n) is 2.38. The Balaban J connectivity index is 3.12. The molecular formula is C13H15ClO3. The molecular weight excluding hydrogens is 240 g/mol. The van der Waals surface area contributed by atoms with Crippen LogP contribution >= 0.6 is 11.6 Å². The van der Waals surface area contributed by atoms with Crippen molar-refractivity contribution >= 4 is 23.4 Å². The number of hydrogen-bond donors (Lipinski definition) is 0. The van der Waals surface area contributed by atoms with E-state index >= 15 is 0 Å². The lowest BCUT2D eigenvalue weighted by Crippen LogP contribution is -2.36. The molecule has 1 aromatic rings. The van der Waals surface area contributed by atoms with Crippen LogP contribution in [0.4, 0.5) is 0 Å². The van der Waals surface area contributed by atoms with E-state index in [1.165, 1.54) is 6.92 Å². The molecule has 0 atom stereocenters. The minimum Gasteiger partial charge on any atom is -0.451 e. The van der Waals surface area contributed by atoms with Gasteiger partial charge in [-0.25, -0.2) is 0 Å². The molecule has 0 aliphatic carbocycles. The Morgan fingerprint density at radius 3 is 2.41 bits per heavy atom. The molecule has 0 fully saturated rings. The highest BCUT2D eigenvalue weighted by Crippen LogP contribution is 2.26. The first-order valence-electron chi connectivity index (χ1n) is 5.25. The Bertz CT molecular complexity index is 464. The molecule has 0 heterocycles. The number of ether oxygens (including phenoxy) is 1. The number of benzene rings is 1. The van der Waals surface area contributed by atoms with E-state index in [-0.39, 0.29) is 5.78 Å². The van der Waals surface area contributed by atoms with Crippen LogP contribution in [-0.2, 0) is 9.53 Å². The lowest BCUT2D eigenvalue weighted by atomic mass is 9.95. The summed E-state index contributed by atoms with van der Waals surface area (Å²) < 4.78 is 5.00. The number of ketones is 1. The molecule has 0 bridgehead atoms. The lowest BCUT2D eigenvalue weighted by Gasteiger charge is -2.23. The highest BCUT2D eigenvalue weighted by molar-refractivity contribution is 6.35. The van der Waals surface area contributed by atoms with Gasteiger partial charge < -0.3 is 4.74 Å². The van der Waals surface area contributed by atoms with Crippen LogP contribution in [0.15, 0.2) is 18.2 Å². The van der Waals surface area contributed by atoms with Gasteiger partial charge in [0.2, 0.25) is 5.78 Å². The molecule has 0 spiro atoms. The first-order valence-corrected chi connectivity index (χ1v) is 5.63. The molecule has 0 saturated carbocycles. The van der Waals surface area contributed by atoms with Gasteiger partial charge in [-0.15, -0.1) is 0 Å². The van der Waals surface area contributed by atoms with Gasteiger partial charge in [0.1, 0.15) is 0 Å². The van der Waals surface area contributed by atoms with E-state index in [9.17, 15) is 9.59 Å². The molecule has 1 aromatic carbocycles. The van der Waals surface area contributed by atoms with E-state index in [4.69, 9.17) is 16.3 Å². The van der Waals surface area contributed by atoms with Crippen molar-refractivity contribution in [1.29, 1.82) is 0 Å². The molecule has 92 valence electrons. The van der Waals surface area contributed by atoms with Gasteiger partial charge in [-0.1, -0.05) is 23.7 Å². The van der Waals surface area contributed by atoms with Gasteiger partial charge in [-0.05, 0) is 32.4 Å². The maximum atomic E-state index is 12.2. The predicted octanol–water partition coefficient (Wildman–Crippen LogP) is 3.17. The van der Waals surface area contributed by atoms with Gasteiger partial charge in [0.25, 0.3) is 0 Å². The average Bonchev–Trinajstić information content (AvgIpc) is 2.19. The molecule has 0 aliphatic heterocycles. The minimum atomic E-state index is -1.21. The number of esters is 1. The van der Waals surface area contributed by atoms with Gasteiger partial charge in [0.05, 0.1) is 5.02 Å². The van der Waals surface area contributed by atoms with Gasteiger partial charge in [-0.2, -0.15) is 0 Å². The number of carbonyl (C=O) groups is 2. The monoisotopic (exact) mass is 254 g/mol. The van der Waals surface area contributed by atoms with E-state index in [2.05, 4.69) is 0 Å². The SMILES string of the molecule is CC(=O)OC(C)(C)C(=O)c1cccc(C)c1Cl. The van der Waals surface area contributed by atoms with Crippen molar-refractivity contribution < 1.29 is 14.3 Å². The van der Waals surface area contributed by atoms with E-state index < -0.39 is 11.6 Å². The van der Waals surface area contributed by atoms with Crippen molar-refractivity contribution in [1.82, 2.24) is 0 Å². The van der Waals surface area contributed by atoms with Crippen molar-refractivity contribution in [3.8, 4) is 0 Å². The second kappa shape index (κ2) is 4.88. The number of hydrogen-bond acceptors (Lipinski definition) is 3. The molecule has 3 nitrogen and oxygen atoms in total. The molecule has 1 rings (SSSR count). The quantitative estimate of drug-likeness (QED) is 0.615. The van der Waals surface area contributed by atoms with Crippen molar-refractivity contribution in [2.24, 2.45) is 0 Å². The second-order valence-corrected chi connectivity index (χ2v) is 4.75. The Labute approximate surface area is 106 Å². The summed E-state index contributed by atoms with van der Waals surface area (Å²) in [6.45, 7) is 6.19. The molecule has 0 saturated heterocycles. The van der Waals surface area contributed by atoms with Crippen LogP contribution in [0, 0.1) is 6.92 Å². The summed E-state index contributed by atoms with van der Waals surface area (Å²) in [5.41, 5.74) is -0.0161. The number of rotatable bonds is 3. The van der Waals surface area contributed by atoms with E-state index in [1.54, 1.807) is 26.0 Å². The van der Waals surface area contributed by atoms with E-state index in [1.807, 2.05) is 13.0 Å². The standard InChI is InChI=1S/C13H15ClO3/c1-8-6-5-7-10(11(8)14)12(16)13(3,4)17-9(2)15/h5-7H,1-4H3. The zero-order valence-electron chi connectivity index (χ0n) is 10.3. The molecule has 0 unspecified atom stereocenters. The zero-order chi connectivity index (χ0) is 13.2. The Morgan fingerprint density at radius 1 is 1.29 bits per heavy atom. The Morgan fingerprint density at radius 2 is 1.88 bits per heavy atom. The molecule has 0 radical (unpaired) electrons. The van der Waals surface area contributed by atoms with Gasteiger partial charge in [0, 0.05) is 12.5 Å². The molecule has 0 aliphatic rings. The van der Waals surface area contributed by atoms with Gasteiger partial charge >= 0.3 is 5.97 Å². The largest absolute Gasteiger partial charge is 0.451 e.